The topological polar surface area (TPSA) is 36.4 Å². The highest BCUT2D eigenvalue weighted by Crippen LogP contribution is 2.32. The molecule has 0 saturated heterocycles. The summed E-state index contributed by atoms with van der Waals surface area (Å²) in [5.41, 5.74) is 3.57. The molecule has 0 bridgehead atoms. The van der Waals surface area contributed by atoms with Crippen LogP contribution in [0.1, 0.15) is 35.3 Å². The normalized spacial score (nSPS) is 11.0. The van der Waals surface area contributed by atoms with Gasteiger partial charge in [0.25, 0.3) is 5.91 Å². The molecule has 1 heterocycles. The van der Waals surface area contributed by atoms with E-state index in [2.05, 4.69) is 38.7 Å². The number of halogens is 2. The van der Waals surface area contributed by atoms with E-state index in [4.69, 9.17) is 4.98 Å². The number of aromatic nitrogens is 1. The van der Waals surface area contributed by atoms with Crippen LogP contribution in [0.5, 0.6) is 0 Å². The Balaban J connectivity index is 0.00000300. The second kappa shape index (κ2) is 10.1. The van der Waals surface area contributed by atoms with E-state index in [0.29, 0.717) is 17.2 Å². The molecule has 0 aliphatic rings. The van der Waals surface area contributed by atoms with Crippen molar-refractivity contribution in [2.24, 2.45) is 0 Å². The molecule has 0 unspecified atom stereocenters. The van der Waals surface area contributed by atoms with Gasteiger partial charge in [0, 0.05) is 18.7 Å². The van der Waals surface area contributed by atoms with Gasteiger partial charge >= 0.3 is 0 Å². The first-order chi connectivity index (χ1) is 13.4. The third-order valence-corrected chi connectivity index (χ3v) is 6.20. The second-order valence-corrected chi connectivity index (χ2v) is 7.85. The molecule has 29 heavy (non-hydrogen) atoms. The fraction of sp³-hybridized carbons (Fsp3) is 0.364. The van der Waals surface area contributed by atoms with E-state index in [0.717, 1.165) is 35.4 Å². The van der Waals surface area contributed by atoms with Gasteiger partial charge in [0.15, 0.2) is 5.13 Å². The van der Waals surface area contributed by atoms with Crippen molar-refractivity contribution >= 4 is 45.0 Å². The zero-order valence-corrected chi connectivity index (χ0v) is 18.9. The van der Waals surface area contributed by atoms with E-state index in [9.17, 15) is 9.18 Å². The number of rotatable bonds is 7. The molecule has 0 radical (unpaired) electrons. The summed E-state index contributed by atoms with van der Waals surface area (Å²) in [6.07, 6.45) is 0. The maximum atomic E-state index is 13.7. The lowest BCUT2D eigenvalue weighted by molar-refractivity contribution is 0.0983. The van der Waals surface area contributed by atoms with Crippen molar-refractivity contribution in [3.05, 3.63) is 58.9 Å². The fourth-order valence-corrected chi connectivity index (χ4v) is 4.22. The largest absolute Gasteiger partial charge is 0.302 e. The van der Waals surface area contributed by atoms with Gasteiger partial charge in [0.05, 0.1) is 10.2 Å². The number of anilines is 1. The highest BCUT2D eigenvalue weighted by Gasteiger charge is 2.22. The summed E-state index contributed by atoms with van der Waals surface area (Å²) in [7, 11) is 0. The average molecular weight is 436 g/mol. The van der Waals surface area contributed by atoms with Crippen LogP contribution in [-0.4, -0.2) is 42.0 Å². The van der Waals surface area contributed by atoms with Gasteiger partial charge in [0.1, 0.15) is 5.82 Å². The molecular weight excluding hydrogens is 409 g/mol. The van der Waals surface area contributed by atoms with E-state index < -0.39 is 5.82 Å². The lowest BCUT2D eigenvalue weighted by atomic mass is 10.1. The number of amides is 1. The van der Waals surface area contributed by atoms with E-state index in [-0.39, 0.29) is 18.3 Å². The van der Waals surface area contributed by atoms with Gasteiger partial charge in [-0.2, -0.15) is 0 Å². The van der Waals surface area contributed by atoms with Crippen molar-refractivity contribution in [1.82, 2.24) is 9.88 Å². The zero-order chi connectivity index (χ0) is 20.3. The van der Waals surface area contributed by atoms with Gasteiger partial charge < -0.3 is 4.90 Å². The third-order valence-electron chi connectivity index (χ3n) is 5.16. The van der Waals surface area contributed by atoms with Gasteiger partial charge in [-0.15, -0.1) is 12.4 Å². The first-order valence-corrected chi connectivity index (χ1v) is 10.4. The van der Waals surface area contributed by atoms with Gasteiger partial charge in [-0.1, -0.05) is 37.3 Å². The minimum absolute atomic E-state index is 0. The SMILES string of the molecule is CCN(CC)CCN(C(=O)c1cccc(F)c1)c1nc2c(C)c(C)ccc2s1.Cl. The van der Waals surface area contributed by atoms with Crippen molar-refractivity contribution in [1.29, 1.82) is 0 Å². The highest BCUT2D eigenvalue weighted by molar-refractivity contribution is 7.22. The van der Waals surface area contributed by atoms with Crippen LogP contribution >= 0.6 is 23.7 Å². The van der Waals surface area contributed by atoms with Crippen molar-refractivity contribution in [2.45, 2.75) is 27.7 Å². The average Bonchev–Trinajstić information content (AvgIpc) is 3.12. The minimum Gasteiger partial charge on any atom is -0.302 e. The number of fused-ring (bicyclic) bond motifs is 1. The summed E-state index contributed by atoms with van der Waals surface area (Å²) in [6, 6.07) is 9.98. The lowest BCUT2D eigenvalue weighted by Crippen LogP contribution is -2.38. The molecule has 0 fully saturated rings. The molecule has 0 spiro atoms. The Kier molecular flexibility index (Phi) is 8.14. The Labute approximate surface area is 181 Å². The van der Waals surface area contributed by atoms with Crippen molar-refractivity contribution < 1.29 is 9.18 Å². The van der Waals surface area contributed by atoms with Crippen LogP contribution in [0.15, 0.2) is 36.4 Å². The Morgan fingerprint density at radius 3 is 2.48 bits per heavy atom. The van der Waals surface area contributed by atoms with Crippen LogP contribution in [0.4, 0.5) is 9.52 Å². The first kappa shape index (κ1) is 23.3. The molecule has 1 aromatic heterocycles. The van der Waals surface area contributed by atoms with E-state index in [1.54, 1.807) is 17.0 Å². The molecule has 0 atom stereocenters. The Morgan fingerprint density at radius 1 is 1.10 bits per heavy atom. The lowest BCUT2D eigenvalue weighted by Gasteiger charge is -2.24. The van der Waals surface area contributed by atoms with Gasteiger partial charge in [-0.25, -0.2) is 9.37 Å². The summed E-state index contributed by atoms with van der Waals surface area (Å²) in [5, 5.41) is 0.658. The Hall–Kier alpha value is -2.02. The summed E-state index contributed by atoms with van der Waals surface area (Å²) >= 11 is 1.50. The number of hydrogen-bond donors (Lipinski definition) is 0. The predicted octanol–water partition coefficient (Wildman–Crippen LogP) is 5.46. The number of benzene rings is 2. The molecule has 0 aliphatic carbocycles. The Bertz CT molecular complexity index is 987. The number of carbonyl (C=O) groups is 1. The Morgan fingerprint density at radius 2 is 1.83 bits per heavy atom. The van der Waals surface area contributed by atoms with Crippen LogP contribution < -0.4 is 4.90 Å². The fourth-order valence-electron chi connectivity index (χ4n) is 3.17. The van der Waals surface area contributed by atoms with Crippen LogP contribution in [0.3, 0.4) is 0 Å². The second-order valence-electron chi connectivity index (χ2n) is 6.84. The molecule has 3 aromatic rings. The molecule has 0 aliphatic heterocycles. The molecule has 3 rings (SSSR count). The van der Waals surface area contributed by atoms with Crippen LogP contribution in [-0.2, 0) is 0 Å². The van der Waals surface area contributed by atoms with Crippen LogP contribution in [0, 0.1) is 19.7 Å². The monoisotopic (exact) mass is 435 g/mol. The molecule has 0 saturated carbocycles. The quantitative estimate of drug-likeness (QED) is 0.494. The first-order valence-electron chi connectivity index (χ1n) is 9.61. The summed E-state index contributed by atoms with van der Waals surface area (Å²) in [4.78, 5) is 22.0. The predicted molar refractivity (Wildman–Crippen MR) is 122 cm³/mol. The summed E-state index contributed by atoms with van der Waals surface area (Å²) < 4.78 is 14.7. The van der Waals surface area contributed by atoms with Gasteiger partial charge in [0.2, 0.25) is 0 Å². The molecule has 2 aromatic carbocycles. The van der Waals surface area contributed by atoms with Crippen LogP contribution in [0.2, 0.25) is 0 Å². The zero-order valence-electron chi connectivity index (χ0n) is 17.2. The minimum atomic E-state index is -0.412. The number of thiazole rings is 1. The third kappa shape index (κ3) is 5.13. The molecule has 1 amide bonds. The number of likely N-dealkylation sites (N-methyl/N-ethyl adjacent to an activating group) is 1. The number of hydrogen-bond acceptors (Lipinski definition) is 4. The van der Waals surface area contributed by atoms with E-state index in [1.807, 2.05) is 6.07 Å². The van der Waals surface area contributed by atoms with Gasteiger partial charge in [-0.05, 0) is 62.3 Å². The van der Waals surface area contributed by atoms with Crippen LogP contribution in [0.25, 0.3) is 10.2 Å². The van der Waals surface area contributed by atoms with Crippen molar-refractivity contribution in [3.63, 3.8) is 0 Å². The number of carbonyl (C=O) groups excluding carboxylic acids is 1. The summed E-state index contributed by atoms with van der Waals surface area (Å²) in [5.74, 6) is -0.634. The molecule has 0 N–H and O–H groups in total. The molecule has 7 heteroatoms. The van der Waals surface area contributed by atoms with Crippen molar-refractivity contribution in [2.75, 3.05) is 31.1 Å². The maximum Gasteiger partial charge on any atom is 0.260 e. The number of nitrogens with zero attached hydrogens (tertiary/aromatic N) is 3. The highest BCUT2D eigenvalue weighted by atomic mass is 35.5. The standard InChI is InChI=1S/C22H26FN3OS.ClH/c1-5-25(6-2)12-13-26(21(27)17-8-7-9-18(23)14-17)22-24-20-16(4)15(3)10-11-19(20)28-22;/h7-11,14H,5-6,12-13H2,1-4H3;1H. The van der Waals surface area contributed by atoms with E-state index in [1.165, 1.54) is 29.0 Å². The number of aryl methyl sites for hydroxylation is 2. The van der Waals surface area contributed by atoms with Gasteiger partial charge in [-0.3, -0.25) is 9.69 Å². The van der Waals surface area contributed by atoms with E-state index >= 15 is 0 Å². The van der Waals surface area contributed by atoms with Crippen molar-refractivity contribution in [3.8, 4) is 0 Å². The smallest absolute Gasteiger partial charge is 0.260 e. The molecule has 156 valence electrons. The summed E-state index contributed by atoms with van der Waals surface area (Å²) in [6.45, 7) is 11.4. The maximum absolute atomic E-state index is 13.7. The molecular formula is C22H27ClFN3OS. The molecule has 4 nitrogen and oxygen atoms in total.